The number of halogens is 2. The molecule has 6 heteroatoms. The van der Waals surface area contributed by atoms with Gasteiger partial charge in [-0.3, -0.25) is 9.48 Å². The summed E-state index contributed by atoms with van der Waals surface area (Å²) in [4.78, 5) is 11.9. The van der Waals surface area contributed by atoms with Crippen LogP contribution in [0.2, 0.25) is 0 Å². The number of nitrogens with zero attached hydrogens (tertiary/aromatic N) is 2. The summed E-state index contributed by atoms with van der Waals surface area (Å²) in [5.41, 5.74) is 1.45. The number of carbonyl (C=O) groups excluding carboxylic acids is 1. The SMILES string of the molecule is O=C(NCc1cnn2c1CCCC2)c1c(F)cccc1F. The van der Waals surface area contributed by atoms with Crippen molar-refractivity contribution in [3.63, 3.8) is 0 Å². The molecule has 4 nitrogen and oxygen atoms in total. The molecule has 2 aromatic rings. The fourth-order valence-electron chi connectivity index (χ4n) is 2.61. The molecule has 0 unspecified atom stereocenters. The molecule has 0 spiro atoms. The van der Waals surface area contributed by atoms with E-state index in [-0.39, 0.29) is 6.54 Å². The number of benzene rings is 1. The highest BCUT2D eigenvalue weighted by Crippen LogP contribution is 2.18. The van der Waals surface area contributed by atoms with E-state index in [1.807, 2.05) is 4.68 Å². The Bertz CT molecular complexity index is 661. The van der Waals surface area contributed by atoms with Crippen molar-refractivity contribution < 1.29 is 13.6 Å². The molecular formula is C15H15F2N3O. The average molecular weight is 291 g/mol. The molecule has 1 N–H and O–H groups in total. The Labute approximate surface area is 120 Å². The van der Waals surface area contributed by atoms with Gasteiger partial charge in [-0.25, -0.2) is 8.78 Å². The summed E-state index contributed by atoms with van der Waals surface area (Å²) in [6.45, 7) is 1.10. The van der Waals surface area contributed by atoms with Crippen LogP contribution in [-0.4, -0.2) is 15.7 Å². The lowest BCUT2D eigenvalue weighted by Gasteiger charge is -2.15. The van der Waals surface area contributed by atoms with Gasteiger partial charge in [0.15, 0.2) is 0 Å². The van der Waals surface area contributed by atoms with Crippen LogP contribution < -0.4 is 5.32 Å². The van der Waals surface area contributed by atoms with E-state index in [2.05, 4.69) is 10.4 Å². The van der Waals surface area contributed by atoms with Crippen molar-refractivity contribution in [3.05, 3.63) is 52.9 Å². The summed E-state index contributed by atoms with van der Waals surface area (Å²) < 4.78 is 29.0. The van der Waals surface area contributed by atoms with Gasteiger partial charge in [-0.05, 0) is 31.4 Å². The largest absolute Gasteiger partial charge is 0.348 e. The Morgan fingerprint density at radius 2 is 2.05 bits per heavy atom. The van der Waals surface area contributed by atoms with Crippen molar-refractivity contribution in [3.8, 4) is 0 Å². The zero-order chi connectivity index (χ0) is 14.8. The van der Waals surface area contributed by atoms with Crippen molar-refractivity contribution >= 4 is 5.91 Å². The highest BCUT2D eigenvalue weighted by atomic mass is 19.1. The van der Waals surface area contributed by atoms with Crippen LogP contribution in [0.3, 0.4) is 0 Å². The Kier molecular flexibility index (Phi) is 3.68. The average Bonchev–Trinajstić information content (AvgIpc) is 2.88. The van der Waals surface area contributed by atoms with Crippen LogP contribution in [0.25, 0.3) is 0 Å². The maximum atomic E-state index is 13.5. The van der Waals surface area contributed by atoms with Crippen LogP contribution in [0.1, 0.15) is 34.5 Å². The molecule has 0 bridgehead atoms. The van der Waals surface area contributed by atoms with Crippen LogP contribution in [0.5, 0.6) is 0 Å². The van der Waals surface area contributed by atoms with E-state index in [9.17, 15) is 13.6 Å². The van der Waals surface area contributed by atoms with Crippen molar-refractivity contribution in [2.45, 2.75) is 32.4 Å². The number of nitrogens with one attached hydrogen (secondary N) is 1. The maximum Gasteiger partial charge on any atom is 0.257 e. The number of aryl methyl sites for hydroxylation is 1. The standard InChI is InChI=1S/C15H15F2N3O/c16-11-4-3-5-12(17)14(11)15(21)18-8-10-9-19-20-7-2-1-6-13(10)20/h3-5,9H,1-2,6-8H2,(H,18,21). The van der Waals surface area contributed by atoms with Crippen molar-refractivity contribution in [1.29, 1.82) is 0 Å². The number of carbonyl (C=O) groups is 1. The number of rotatable bonds is 3. The summed E-state index contributed by atoms with van der Waals surface area (Å²) >= 11 is 0. The highest BCUT2D eigenvalue weighted by molar-refractivity contribution is 5.94. The Morgan fingerprint density at radius 1 is 1.29 bits per heavy atom. The summed E-state index contributed by atoms with van der Waals surface area (Å²) in [6.07, 6.45) is 4.81. The van der Waals surface area contributed by atoms with Crippen molar-refractivity contribution in [2.75, 3.05) is 0 Å². The van der Waals surface area contributed by atoms with Crippen molar-refractivity contribution in [2.24, 2.45) is 0 Å². The number of amides is 1. The lowest BCUT2D eigenvalue weighted by molar-refractivity contribution is 0.0942. The molecule has 0 radical (unpaired) electrons. The predicted molar refractivity (Wildman–Crippen MR) is 72.7 cm³/mol. The lowest BCUT2D eigenvalue weighted by Crippen LogP contribution is -2.25. The monoisotopic (exact) mass is 291 g/mol. The van der Waals surface area contributed by atoms with Crippen LogP contribution >= 0.6 is 0 Å². The number of aromatic nitrogens is 2. The third kappa shape index (κ3) is 2.66. The molecule has 0 aliphatic carbocycles. The number of hydrogen-bond donors (Lipinski definition) is 1. The van der Waals surface area contributed by atoms with Gasteiger partial charge in [0, 0.05) is 24.3 Å². The fourth-order valence-corrected chi connectivity index (χ4v) is 2.61. The van der Waals surface area contributed by atoms with E-state index in [0.29, 0.717) is 0 Å². The smallest absolute Gasteiger partial charge is 0.257 e. The van der Waals surface area contributed by atoms with Gasteiger partial charge in [-0.1, -0.05) is 6.07 Å². The van der Waals surface area contributed by atoms with Gasteiger partial charge >= 0.3 is 0 Å². The quantitative estimate of drug-likeness (QED) is 0.944. The molecule has 0 saturated carbocycles. The second kappa shape index (κ2) is 5.63. The van der Waals surface area contributed by atoms with Crippen LogP contribution in [-0.2, 0) is 19.5 Å². The Morgan fingerprint density at radius 3 is 2.81 bits per heavy atom. The van der Waals surface area contributed by atoms with Crippen molar-refractivity contribution in [1.82, 2.24) is 15.1 Å². The predicted octanol–water partition coefficient (Wildman–Crippen LogP) is 2.43. The van der Waals surface area contributed by atoms with E-state index in [1.54, 1.807) is 6.20 Å². The molecule has 1 aliphatic rings. The van der Waals surface area contributed by atoms with Crippen LogP contribution in [0.4, 0.5) is 8.78 Å². The topological polar surface area (TPSA) is 46.9 Å². The summed E-state index contributed by atoms with van der Waals surface area (Å²) in [7, 11) is 0. The zero-order valence-electron chi connectivity index (χ0n) is 11.4. The molecule has 21 heavy (non-hydrogen) atoms. The molecular weight excluding hydrogens is 276 g/mol. The lowest BCUT2D eigenvalue weighted by atomic mass is 10.1. The normalized spacial score (nSPS) is 13.8. The second-order valence-electron chi connectivity index (χ2n) is 5.08. The summed E-state index contributed by atoms with van der Waals surface area (Å²) in [6, 6.07) is 3.37. The Balaban J connectivity index is 1.73. The fraction of sp³-hybridized carbons (Fsp3) is 0.333. The molecule has 0 fully saturated rings. The summed E-state index contributed by atoms with van der Waals surface area (Å²) in [5, 5.41) is 6.82. The number of fused-ring (bicyclic) bond motifs is 1. The first-order valence-corrected chi connectivity index (χ1v) is 6.92. The zero-order valence-corrected chi connectivity index (χ0v) is 11.4. The van der Waals surface area contributed by atoms with Gasteiger partial charge in [-0.2, -0.15) is 5.10 Å². The first-order valence-electron chi connectivity index (χ1n) is 6.92. The highest BCUT2D eigenvalue weighted by Gasteiger charge is 2.19. The van der Waals surface area contributed by atoms with Gasteiger partial charge in [0.05, 0.1) is 6.20 Å². The molecule has 110 valence electrons. The van der Waals surface area contributed by atoms with Gasteiger partial charge in [-0.15, -0.1) is 0 Å². The molecule has 1 aromatic heterocycles. The number of hydrogen-bond acceptors (Lipinski definition) is 2. The van der Waals surface area contributed by atoms with Crippen LogP contribution in [0, 0.1) is 11.6 Å². The minimum absolute atomic E-state index is 0.224. The first kappa shape index (κ1) is 13.7. The third-order valence-electron chi connectivity index (χ3n) is 3.70. The molecule has 1 aliphatic heterocycles. The second-order valence-corrected chi connectivity index (χ2v) is 5.08. The summed E-state index contributed by atoms with van der Waals surface area (Å²) in [5.74, 6) is -2.46. The van der Waals surface area contributed by atoms with E-state index >= 15 is 0 Å². The molecule has 1 aromatic carbocycles. The molecule has 0 saturated heterocycles. The minimum Gasteiger partial charge on any atom is -0.348 e. The maximum absolute atomic E-state index is 13.5. The van der Waals surface area contributed by atoms with E-state index in [1.165, 1.54) is 6.07 Å². The van der Waals surface area contributed by atoms with Crippen LogP contribution in [0.15, 0.2) is 24.4 Å². The molecule has 1 amide bonds. The minimum atomic E-state index is -0.857. The van der Waals surface area contributed by atoms with E-state index in [0.717, 1.165) is 49.2 Å². The molecule has 0 atom stereocenters. The Hall–Kier alpha value is -2.24. The van der Waals surface area contributed by atoms with Gasteiger partial charge < -0.3 is 5.32 Å². The van der Waals surface area contributed by atoms with Gasteiger partial charge in [0.1, 0.15) is 17.2 Å². The van der Waals surface area contributed by atoms with Gasteiger partial charge in [0.2, 0.25) is 0 Å². The van der Waals surface area contributed by atoms with E-state index in [4.69, 9.17) is 0 Å². The first-order chi connectivity index (χ1) is 10.2. The van der Waals surface area contributed by atoms with E-state index < -0.39 is 23.1 Å². The third-order valence-corrected chi connectivity index (χ3v) is 3.70. The molecule has 3 rings (SSSR count). The van der Waals surface area contributed by atoms with Gasteiger partial charge in [0.25, 0.3) is 5.91 Å². The molecule has 2 heterocycles.